The maximum Gasteiger partial charge on any atom is 0.257 e. The summed E-state index contributed by atoms with van der Waals surface area (Å²) in [6.07, 6.45) is 2.81. The summed E-state index contributed by atoms with van der Waals surface area (Å²) in [6.45, 7) is 3.51. The maximum absolute atomic E-state index is 14.5. The molecule has 1 fully saturated rings. The van der Waals surface area contributed by atoms with Crippen LogP contribution >= 0.6 is 23.1 Å². The maximum atomic E-state index is 14.5. The molecular weight excluding hydrogens is 478 g/mol. The molecular formula is C23H22F2N6OS2. The summed E-state index contributed by atoms with van der Waals surface area (Å²) in [4.78, 5) is 33.2. The Balaban J connectivity index is 1.48. The van der Waals surface area contributed by atoms with Crippen molar-refractivity contribution in [3.05, 3.63) is 70.2 Å². The molecule has 2 aliphatic heterocycles. The lowest BCUT2D eigenvalue weighted by atomic mass is 9.87. The number of fused-ring (bicyclic) bond motifs is 1. The fourth-order valence-electron chi connectivity index (χ4n) is 4.28. The molecule has 2 atom stereocenters. The zero-order valence-electron chi connectivity index (χ0n) is 18.5. The predicted octanol–water partition coefficient (Wildman–Crippen LogP) is 4.14. The van der Waals surface area contributed by atoms with Crippen LogP contribution < -0.4 is 10.2 Å². The number of carbonyl (C=O) groups is 1. The Morgan fingerprint density at radius 3 is 2.76 bits per heavy atom. The molecule has 2 aliphatic rings. The molecule has 0 spiro atoms. The number of thioether (sulfide) groups is 1. The average molecular weight is 501 g/mol. The lowest BCUT2D eigenvalue weighted by Crippen LogP contribution is -2.42. The Morgan fingerprint density at radius 2 is 2.06 bits per heavy atom. The van der Waals surface area contributed by atoms with E-state index in [1.807, 2.05) is 23.1 Å². The molecule has 176 valence electrons. The van der Waals surface area contributed by atoms with E-state index in [0.29, 0.717) is 29.6 Å². The standard InChI is InChI=1S/C23H22F2N6OS2/c1-22(2,25)18-16(24)8-27-20(28-18)31-10-15-11-33-21(29-19(32)14-6-4-3-5-7-14)30-23(15,12-31)17-9-26-13-34-17/h3-9,13,15H,10-12H2,1-2H3,(H,29,30,32)/t15-,23?/m0/s1. The molecule has 2 aromatic heterocycles. The van der Waals surface area contributed by atoms with Gasteiger partial charge in [0.05, 0.1) is 23.1 Å². The molecule has 3 aromatic rings. The SMILES string of the molecule is CC(C)(F)c1nc(N2C[C@H]3CSC(NC(=O)c4ccccc4)=NC3(c3cncs3)C2)ncc1F. The quantitative estimate of drug-likeness (QED) is 0.580. The predicted molar refractivity (Wildman–Crippen MR) is 129 cm³/mol. The number of nitrogens with zero attached hydrogens (tertiary/aromatic N) is 5. The van der Waals surface area contributed by atoms with Crippen molar-refractivity contribution in [3.8, 4) is 0 Å². The summed E-state index contributed by atoms with van der Waals surface area (Å²) in [7, 11) is 0. The van der Waals surface area contributed by atoms with E-state index in [-0.39, 0.29) is 23.5 Å². The van der Waals surface area contributed by atoms with Gasteiger partial charge in [0.2, 0.25) is 5.95 Å². The highest BCUT2D eigenvalue weighted by Crippen LogP contribution is 2.47. The second-order valence-corrected chi connectivity index (χ2v) is 10.6. The van der Waals surface area contributed by atoms with Gasteiger partial charge in [0.25, 0.3) is 5.91 Å². The zero-order chi connectivity index (χ0) is 23.9. The zero-order valence-corrected chi connectivity index (χ0v) is 20.2. The number of aromatic nitrogens is 3. The average Bonchev–Trinajstić information content (AvgIpc) is 3.48. The van der Waals surface area contributed by atoms with Crippen molar-refractivity contribution in [1.29, 1.82) is 0 Å². The highest BCUT2D eigenvalue weighted by Gasteiger charge is 2.52. The van der Waals surface area contributed by atoms with Crippen molar-refractivity contribution in [2.45, 2.75) is 25.1 Å². The Bertz CT molecular complexity index is 1230. The molecule has 4 heterocycles. The molecule has 1 unspecified atom stereocenters. The van der Waals surface area contributed by atoms with Crippen LogP contribution in [-0.2, 0) is 11.2 Å². The number of halogens is 2. The first-order valence-corrected chi connectivity index (χ1v) is 12.6. The van der Waals surface area contributed by atoms with Crippen LogP contribution in [0.1, 0.15) is 34.8 Å². The number of hydrogen-bond acceptors (Lipinski definition) is 8. The number of hydrogen-bond donors (Lipinski definition) is 1. The van der Waals surface area contributed by atoms with Crippen molar-refractivity contribution in [1.82, 2.24) is 20.3 Å². The van der Waals surface area contributed by atoms with Crippen LogP contribution in [0.5, 0.6) is 0 Å². The number of thiazole rings is 1. The lowest BCUT2D eigenvalue weighted by Gasteiger charge is -2.33. The van der Waals surface area contributed by atoms with Gasteiger partial charge in [-0.25, -0.2) is 23.7 Å². The van der Waals surface area contributed by atoms with E-state index >= 15 is 0 Å². The number of anilines is 1. The van der Waals surface area contributed by atoms with Crippen molar-refractivity contribution in [2.75, 3.05) is 23.7 Å². The first-order chi connectivity index (χ1) is 16.3. The minimum Gasteiger partial charge on any atom is -0.338 e. The number of alkyl halides is 1. The minimum atomic E-state index is -1.94. The second kappa shape index (κ2) is 8.70. The third-order valence-electron chi connectivity index (χ3n) is 5.96. The first-order valence-electron chi connectivity index (χ1n) is 10.7. The summed E-state index contributed by atoms with van der Waals surface area (Å²) in [5.41, 5.74) is -0.579. The summed E-state index contributed by atoms with van der Waals surface area (Å²) < 4.78 is 28.7. The van der Waals surface area contributed by atoms with Crippen LogP contribution in [0.2, 0.25) is 0 Å². The summed E-state index contributed by atoms with van der Waals surface area (Å²) in [6, 6.07) is 8.97. The third-order valence-corrected chi connectivity index (χ3v) is 7.94. The number of benzene rings is 1. The summed E-state index contributed by atoms with van der Waals surface area (Å²) in [5.74, 6) is 0.0347. The Kier molecular flexibility index (Phi) is 5.85. The molecule has 0 bridgehead atoms. The highest BCUT2D eigenvalue weighted by atomic mass is 32.2. The molecule has 0 aliphatic carbocycles. The molecule has 1 N–H and O–H groups in total. The first kappa shape index (κ1) is 22.9. The van der Waals surface area contributed by atoms with Crippen LogP contribution in [0.25, 0.3) is 0 Å². The number of rotatable bonds is 4. The van der Waals surface area contributed by atoms with E-state index in [2.05, 4.69) is 20.3 Å². The fraction of sp³-hybridized carbons (Fsp3) is 0.348. The minimum absolute atomic E-state index is 0.0748. The van der Waals surface area contributed by atoms with E-state index in [1.54, 1.807) is 23.8 Å². The molecule has 0 radical (unpaired) electrons. The van der Waals surface area contributed by atoms with Gasteiger partial charge in [-0.1, -0.05) is 30.0 Å². The topological polar surface area (TPSA) is 83.4 Å². The van der Waals surface area contributed by atoms with Crippen LogP contribution in [0.4, 0.5) is 14.7 Å². The van der Waals surface area contributed by atoms with E-state index < -0.39 is 17.0 Å². The van der Waals surface area contributed by atoms with Crippen molar-refractivity contribution >= 4 is 40.1 Å². The van der Waals surface area contributed by atoms with E-state index in [1.165, 1.54) is 36.9 Å². The smallest absolute Gasteiger partial charge is 0.257 e. The van der Waals surface area contributed by atoms with E-state index in [4.69, 9.17) is 4.99 Å². The van der Waals surface area contributed by atoms with Gasteiger partial charge in [0.15, 0.2) is 11.0 Å². The molecule has 34 heavy (non-hydrogen) atoms. The van der Waals surface area contributed by atoms with Gasteiger partial charge in [-0.05, 0) is 26.0 Å². The number of amides is 1. The van der Waals surface area contributed by atoms with Crippen molar-refractivity contribution in [2.24, 2.45) is 10.9 Å². The monoisotopic (exact) mass is 500 g/mol. The van der Waals surface area contributed by atoms with Crippen LogP contribution in [0.3, 0.4) is 0 Å². The Morgan fingerprint density at radius 1 is 1.26 bits per heavy atom. The van der Waals surface area contributed by atoms with Gasteiger partial charge in [0.1, 0.15) is 16.9 Å². The van der Waals surface area contributed by atoms with E-state index in [9.17, 15) is 13.6 Å². The molecule has 0 saturated carbocycles. The Labute approximate surface area is 203 Å². The van der Waals surface area contributed by atoms with Gasteiger partial charge in [-0.15, -0.1) is 11.3 Å². The normalized spacial score (nSPS) is 22.3. The summed E-state index contributed by atoms with van der Waals surface area (Å²) >= 11 is 2.97. The van der Waals surface area contributed by atoms with Crippen LogP contribution in [-0.4, -0.2) is 44.9 Å². The van der Waals surface area contributed by atoms with Crippen LogP contribution in [0.15, 0.2) is 53.2 Å². The van der Waals surface area contributed by atoms with Gasteiger partial charge >= 0.3 is 0 Å². The van der Waals surface area contributed by atoms with Gasteiger partial charge < -0.3 is 10.2 Å². The Hall–Kier alpha value is -2.92. The molecule has 7 nitrogen and oxygen atoms in total. The number of carbonyl (C=O) groups excluding carboxylic acids is 1. The van der Waals surface area contributed by atoms with Gasteiger partial charge in [-0.3, -0.25) is 9.78 Å². The number of aliphatic imine (C=N–C) groups is 1. The van der Waals surface area contributed by atoms with Crippen molar-refractivity contribution < 1.29 is 13.6 Å². The number of nitrogens with one attached hydrogen (secondary N) is 1. The number of amidine groups is 1. The summed E-state index contributed by atoms with van der Waals surface area (Å²) in [5, 5.41) is 3.47. The van der Waals surface area contributed by atoms with Gasteiger partial charge in [-0.2, -0.15) is 0 Å². The second-order valence-electron chi connectivity index (χ2n) is 8.75. The van der Waals surface area contributed by atoms with E-state index in [0.717, 1.165) is 11.1 Å². The van der Waals surface area contributed by atoms with Crippen LogP contribution in [0, 0.1) is 11.7 Å². The van der Waals surface area contributed by atoms with Gasteiger partial charge in [0, 0.05) is 30.0 Å². The fourth-order valence-corrected chi connectivity index (χ4v) is 6.25. The molecule has 5 rings (SSSR count). The molecule has 11 heteroatoms. The molecule has 1 saturated heterocycles. The molecule has 1 amide bonds. The van der Waals surface area contributed by atoms with Crippen molar-refractivity contribution in [3.63, 3.8) is 0 Å². The largest absolute Gasteiger partial charge is 0.338 e. The molecule has 1 aromatic carbocycles. The third kappa shape index (κ3) is 4.18. The lowest BCUT2D eigenvalue weighted by molar-refractivity contribution is 0.0977. The highest BCUT2D eigenvalue weighted by molar-refractivity contribution is 8.13.